The number of halogens is 2. The first-order valence-corrected chi connectivity index (χ1v) is 11.7. The third-order valence-electron chi connectivity index (χ3n) is 5.12. The number of hydrogen-bond donors (Lipinski definition) is 1. The fraction of sp³-hybridized carbons (Fsp3) is 0.600. The van der Waals surface area contributed by atoms with Gasteiger partial charge in [0.25, 0.3) is 0 Å². The van der Waals surface area contributed by atoms with Crippen molar-refractivity contribution in [2.24, 2.45) is 11.8 Å². The van der Waals surface area contributed by atoms with Crippen LogP contribution < -0.4 is 5.32 Å². The van der Waals surface area contributed by atoms with Crippen molar-refractivity contribution in [2.45, 2.75) is 44.0 Å². The molecule has 1 unspecified atom stereocenters. The van der Waals surface area contributed by atoms with Crippen LogP contribution in [0.1, 0.15) is 33.1 Å². The molecule has 0 aliphatic carbocycles. The van der Waals surface area contributed by atoms with Gasteiger partial charge in [0.1, 0.15) is 11.9 Å². The summed E-state index contributed by atoms with van der Waals surface area (Å²) in [5.41, 5.74) is 0. The lowest BCUT2D eigenvalue weighted by Crippen LogP contribution is -2.50. The largest absolute Gasteiger partial charge is 0.347 e. The molecular weight excluding hydrogens is 433 g/mol. The third-order valence-corrected chi connectivity index (χ3v) is 7.30. The number of rotatable bonds is 7. The maximum absolute atomic E-state index is 13.3. The monoisotopic (exact) mass is 461 g/mol. The summed E-state index contributed by atoms with van der Waals surface area (Å²) >= 11 is 5.71. The van der Waals surface area contributed by atoms with Gasteiger partial charge in [-0.25, -0.2) is 12.8 Å². The topological polar surface area (TPSA) is 86.8 Å². The van der Waals surface area contributed by atoms with Crippen LogP contribution in [0.3, 0.4) is 0 Å². The Balaban J connectivity index is 2.02. The molecule has 1 aliphatic rings. The second-order valence-electron chi connectivity index (χ2n) is 8.18. The summed E-state index contributed by atoms with van der Waals surface area (Å²) in [4.78, 5) is 26.5. The molecular formula is C20H29ClFN3O4S. The van der Waals surface area contributed by atoms with E-state index in [1.165, 1.54) is 15.3 Å². The van der Waals surface area contributed by atoms with Crippen LogP contribution in [0.4, 0.5) is 4.39 Å². The smallest absolute Gasteiger partial charge is 0.244 e. The Labute approximate surface area is 182 Å². The van der Waals surface area contributed by atoms with Crippen LogP contribution in [0.2, 0.25) is 5.02 Å². The minimum absolute atomic E-state index is 0.0784. The minimum Gasteiger partial charge on any atom is -0.347 e. The lowest BCUT2D eigenvalue weighted by Gasteiger charge is -2.32. The van der Waals surface area contributed by atoms with E-state index in [0.29, 0.717) is 19.3 Å². The van der Waals surface area contributed by atoms with Crippen molar-refractivity contribution in [3.05, 3.63) is 29.0 Å². The average Bonchev–Trinajstić information content (AvgIpc) is 2.68. The van der Waals surface area contributed by atoms with Crippen LogP contribution in [-0.4, -0.2) is 62.7 Å². The molecule has 7 nitrogen and oxygen atoms in total. The van der Waals surface area contributed by atoms with Gasteiger partial charge in [-0.2, -0.15) is 4.31 Å². The molecule has 0 spiro atoms. The summed E-state index contributed by atoms with van der Waals surface area (Å²) in [5.74, 6) is -1.23. The third kappa shape index (κ3) is 5.92. The van der Waals surface area contributed by atoms with Crippen molar-refractivity contribution < 1.29 is 22.4 Å². The Morgan fingerprint density at radius 2 is 1.87 bits per heavy atom. The maximum Gasteiger partial charge on any atom is 0.244 e. The first-order chi connectivity index (χ1) is 13.9. The van der Waals surface area contributed by atoms with E-state index < -0.39 is 21.9 Å². The average molecular weight is 462 g/mol. The van der Waals surface area contributed by atoms with E-state index in [2.05, 4.69) is 5.32 Å². The molecule has 1 N–H and O–H groups in total. The van der Waals surface area contributed by atoms with Crippen LogP contribution in [0.15, 0.2) is 23.1 Å². The first kappa shape index (κ1) is 24.6. The molecule has 0 bridgehead atoms. The van der Waals surface area contributed by atoms with E-state index in [-0.39, 0.29) is 46.7 Å². The second kappa shape index (κ2) is 10.1. The van der Waals surface area contributed by atoms with Crippen molar-refractivity contribution in [1.82, 2.24) is 14.5 Å². The summed E-state index contributed by atoms with van der Waals surface area (Å²) in [5, 5.41) is 2.58. The summed E-state index contributed by atoms with van der Waals surface area (Å²) in [7, 11) is -0.533. The lowest BCUT2D eigenvalue weighted by atomic mass is 9.95. The van der Waals surface area contributed by atoms with Gasteiger partial charge in [0, 0.05) is 33.1 Å². The predicted octanol–water partition coefficient (Wildman–Crippen LogP) is 2.50. The van der Waals surface area contributed by atoms with Crippen LogP contribution in [0.5, 0.6) is 0 Å². The van der Waals surface area contributed by atoms with Gasteiger partial charge >= 0.3 is 0 Å². The standard InChI is InChI=1S/C20H29ClFN3O4S/c1-13(2)11-18(20(27)24(3)4)23-19(26)14-7-9-25(10-8-14)30(28,29)15-5-6-17(22)16(21)12-15/h5-6,12-14,18H,7-11H2,1-4H3,(H,23,26). The molecule has 30 heavy (non-hydrogen) atoms. The minimum atomic E-state index is -3.82. The molecule has 1 saturated heterocycles. The highest BCUT2D eigenvalue weighted by atomic mass is 35.5. The van der Waals surface area contributed by atoms with E-state index in [1.807, 2.05) is 13.8 Å². The molecule has 1 aromatic carbocycles. The van der Waals surface area contributed by atoms with Crippen molar-refractivity contribution >= 4 is 33.4 Å². The lowest BCUT2D eigenvalue weighted by molar-refractivity contribution is -0.136. The van der Waals surface area contributed by atoms with Gasteiger partial charge in [-0.1, -0.05) is 25.4 Å². The highest BCUT2D eigenvalue weighted by Crippen LogP contribution is 2.26. The number of sulfonamides is 1. The Morgan fingerprint density at radius 1 is 1.27 bits per heavy atom. The summed E-state index contributed by atoms with van der Waals surface area (Å²) in [6.45, 7) is 4.28. The number of piperidine rings is 1. The van der Waals surface area contributed by atoms with E-state index in [9.17, 15) is 22.4 Å². The predicted molar refractivity (Wildman–Crippen MR) is 113 cm³/mol. The van der Waals surface area contributed by atoms with Crippen LogP contribution >= 0.6 is 11.6 Å². The molecule has 1 aliphatic heterocycles. The van der Waals surface area contributed by atoms with Gasteiger partial charge in [-0.15, -0.1) is 0 Å². The molecule has 0 saturated carbocycles. The Hall–Kier alpha value is -1.71. The molecule has 0 aromatic heterocycles. The van der Waals surface area contributed by atoms with E-state index in [4.69, 9.17) is 11.6 Å². The van der Waals surface area contributed by atoms with Crippen molar-refractivity contribution in [3.8, 4) is 0 Å². The summed E-state index contributed by atoms with van der Waals surface area (Å²) in [6, 6.07) is 2.69. The quantitative estimate of drug-likeness (QED) is 0.675. The van der Waals surface area contributed by atoms with Crippen molar-refractivity contribution in [2.75, 3.05) is 27.2 Å². The van der Waals surface area contributed by atoms with Gasteiger partial charge < -0.3 is 10.2 Å². The zero-order valence-corrected chi connectivity index (χ0v) is 19.3. The number of benzene rings is 1. The van der Waals surface area contributed by atoms with Crippen LogP contribution in [-0.2, 0) is 19.6 Å². The van der Waals surface area contributed by atoms with Gasteiger partial charge in [-0.3, -0.25) is 9.59 Å². The number of carbonyl (C=O) groups is 2. The van der Waals surface area contributed by atoms with E-state index in [1.54, 1.807) is 14.1 Å². The molecule has 2 rings (SSSR count). The number of hydrogen-bond acceptors (Lipinski definition) is 4. The maximum atomic E-state index is 13.3. The number of carbonyl (C=O) groups excluding carboxylic acids is 2. The first-order valence-electron chi connectivity index (χ1n) is 9.90. The molecule has 1 fully saturated rings. The van der Waals surface area contributed by atoms with Gasteiger partial charge in [0.05, 0.1) is 9.92 Å². The molecule has 10 heteroatoms. The molecule has 1 atom stereocenters. The normalized spacial score (nSPS) is 17.0. The number of nitrogens with one attached hydrogen (secondary N) is 1. The highest BCUT2D eigenvalue weighted by Gasteiger charge is 2.34. The Morgan fingerprint density at radius 3 is 2.37 bits per heavy atom. The van der Waals surface area contributed by atoms with Gasteiger partial charge in [0.15, 0.2) is 0 Å². The fourth-order valence-corrected chi connectivity index (χ4v) is 5.18. The highest BCUT2D eigenvalue weighted by molar-refractivity contribution is 7.89. The molecule has 1 aromatic rings. The van der Waals surface area contributed by atoms with Crippen molar-refractivity contribution in [1.29, 1.82) is 0 Å². The number of likely N-dealkylation sites (N-methyl/N-ethyl adjacent to an activating group) is 1. The van der Waals surface area contributed by atoms with Crippen LogP contribution in [0, 0.1) is 17.7 Å². The number of amides is 2. The molecule has 1 heterocycles. The van der Waals surface area contributed by atoms with E-state index in [0.717, 1.165) is 12.1 Å². The molecule has 2 amide bonds. The molecule has 168 valence electrons. The van der Waals surface area contributed by atoms with Crippen LogP contribution in [0.25, 0.3) is 0 Å². The summed E-state index contributed by atoms with van der Waals surface area (Å²) in [6.07, 6.45) is 1.20. The Bertz CT molecular complexity index is 884. The Kier molecular flexibility index (Phi) is 8.24. The second-order valence-corrected chi connectivity index (χ2v) is 10.5. The van der Waals surface area contributed by atoms with Crippen molar-refractivity contribution in [3.63, 3.8) is 0 Å². The van der Waals surface area contributed by atoms with Gasteiger partial charge in [-0.05, 0) is 43.4 Å². The SMILES string of the molecule is CC(C)CC(NC(=O)C1CCN(S(=O)(=O)c2ccc(F)c(Cl)c2)CC1)C(=O)N(C)C. The zero-order valence-electron chi connectivity index (χ0n) is 17.7. The summed E-state index contributed by atoms with van der Waals surface area (Å²) < 4.78 is 40.2. The zero-order chi connectivity index (χ0) is 22.6. The van der Waals surface area contributed by atoms with Gasteiger partial charge in [0.2, 0.25) is 21.8 Å². The number of nitrogens with zero attached hydrogens (tertiary/aromatic N) is 2. The van der Waals surface area contributed by atoms with E-state index >= 15 is 0 Å². The fourth-order valence-electron chi connectivity index (χ4n) is 3.44. The molecule has 0 radical (unpaired) electrons.